The molecule has 13 N–H and O–H groups in total. The number of hydrogen-bond donors (Lipinski definition) is 9. The van der Waals surface area contributed by atoms with Crippen molar-refractivity contribution < 1.29 is 34.2 Å². The Balaban J connectivity index is 5.41. The number of primary amides is 1. The highest BCUT2D eigenvalue weighted by atomic mass is 16.4. The lowest BCUT2D eigenvalue weighted by molar-refractivity contribution is -0.145. The maximum Gasteiger partial charge on any atom is 0.328 e. The molecule has 0 aromatic heterocycles. The number of guanidine groups is 1. The van der Waals surface area contributed by atoms with Gasteiger partial charge >= 0.3 is 5.97 Å². The molecule has 15 heteroatoms. The third-order valence-electron chi connectivity index (χ3n) is 4.73. The van der Waals surface area contributed by atoms with Crippen molar-refractivity contribution in [2.45, 2.75) is 76.7 Å². The van der Waals surface area contributed by atoms with Crippen molar-refractivity contribution in [2.75, 3.05) is 6.54 Å². The van der Waals surface area contributed by atoms with Gasteiger partial charge in [-0.3, -0.25) is 24.2 Å². The SMILES string of the molecule is CC(C)CC(NC(=O)C(N)CCCN=C(N)N)C(=O)NC(CC(N)=O)C(=O)NC(C(=O)O)C(C)O. The van der Waals surface area contributed by atoms with E-state index in [4.69, 9.17) is 28.0 Å². The van der Waals surface area contributed by atoms with E-state index < -0.39 is 66.3 Å². The Labute approximate surface area is 203 Å². The van der Waals surface area contributed by atoms with Gasteiger partial charge in [0, 0.05) is 6.54 Å². The molecule has 0 aliphatic rings. The van der Waals surface area contributed by atoms with Crippen LogP contribution < -0.4 is 38.9 Å². The van der Waals surface area contributed by atoms with E-state index in [1.807, 2.05) is 0 Å². The van der Waals surface area contributed by atoms with E-state index in [0.29, 0.717) is 6.42 Å². The zero-order valence-electron chi connectivity index (χ0n) is 20.2. The number of nitrogens with two attached hydrogens (primary N) is 4. The molecule has 0 saturated carbocycles. The maximum absolute atomic E-state index is 12.9. The molecule has 35 heavy (non-hydrogen) atoms. The topological polar surface area (TPSA) is 278 Å². The zero-order chi connectivity index (χ0) is 27.3. The maximum atomic E-state index is 12.9. The Morgan fingerprint density at radius 2 is 1.43 bits per heavy atom. The summed E-state index contributed by atoms with van der Waals surface area (Å²) >= 11 is 0. The van der Waals surface area contributed by atoms with Crippen molar-refractivity contribution in [1.82, 2.24) is 16.0 Å². The number of aliphatic hydroxyl groups is 1. The van der Waals surface area contributed by atoms with Gasteiger partial charge in [-0.15, -0.1) is 0 Å². The number of aliphatic hydroxyl groups excluding tert-OH is 1. The number of carbonyl (C=O) groups excluding carboxylic acids is 4. The second-order valence-corrected chi connectivity index (χ2v) is 8.54. The fraction of sp³-hybridized carbons (Fsp3) is 0.700. The zero-order valence-corrected chi connectivity index (χ0v) is 20.2. The third kappa shape index (κ3) is 13.1. The molecule has 0 fully saturated rings. The predicted octanol–water partition coefficient (Wildman–Crippen LogP) is -3.79. The van der Waals surface area contributed by atoms with Crippen molar-refractivity contribution in [3.8, 4) is 0 Å². The second kappa shape index (κ2) is 15.4. The molecular weight excluding hydrogens is 464 g/mol. The van der Waals surface area contributed by atoms with E-state index in [0.717, 1.165) is 6.92 Å². The molecule has 0 heterocycles. The van der Waals surface area contributed by atoms with Crippen molar-refractivity contribution in [3.05, 3.63) is 0 Å². The predicted molar refractivity (Wildman–Crippen MR) is 126 cm³/mol. The number of rotatable bonds is 16. The molecule has 0 aliphatic heterocycles. The van der Waals surface area contributed by atoms with Gasteiger partial charge in [0.05, 0.1) is 18.6 Å². The van der Waals surface area contributed by atoms with Crippen LogP contribution in [-0.4, -0.2) is 82.6 Å². The van der Waals surface area contributed by atoms with E-state index in [1.54, 1.807) is 13.8 Å². The fourth-order valence-corrected chi connectivity index (χ4v) is 2.96. The Kier molecular flexibility index (Phi) is 13.9. The first kappa shape index (κ1) is 31.5. The van der Waals surface area contributed by atoms with Gasteiger partial charge in [0.1, 0.15) is 12.1 Å². The van der Waals surface area contributed by atoms with E-state index in [2.05, 4.69) is 20.9 Å². The standard InChI is InChI=1S/C20H38N8O7/c1-9(2)7-12(26-16(31)11(21)5-4-6-25-20(23)24)17(32)27-13(8-14(22)30)18(33)28-15(10(3)29)19(34)35/h9-13,15,29H,4-8,21H2,1-3H3,(H2,22,30)(H,26,31)(H,27,32)(H,28,33)(H,34,35)(H4,23,24,25). The minimum Gasteiger partial charge on any atom is -0.480 e. The number of carboxylic acid groups (broad SMARTS) is 1. The van der Waals surface area contributed by atoms with Crippen LogP contribution in [0.3, 0.4) is 0 Å². The molecule has 0 saturated heterocycles. The lowest BCUT2D eigenvalue weighted by Gasteiger charge is -2.26. The van der Waals surface area contributed by atoms with Gasteiger partial charge in [0.25, 0.3) is 0 Å². The summed E-state index contributed by atoms with van der Waals surface area (Å²) in [5, 5.41) is 25.6. The molecule has 0 bridgehead atoms. The number of carbonyl (C=O) groups is 5. The molecule has 0 aromatic rings. The van der Waals surface area contributed by atoms with Crippen molar-refractivity contribution >= 4 is 35.6 Å². The highest BCUT2D eigenvalue weighted by Crippen LogP contribution is 2.08. The van der Waals surface area contributed by atoms with Crippen molar-refractivity contribution in [1.29, 1.82) is 0 Å². The summed E-state index contributed by atoms with van der Waals surface area (Å²) in [6.07, 6.45) is -1.27. The number of aliphatic carboxylic acids is 1. The number of aliphatic imine (C=N–C) groups is 1. The smallest absolute Gasteiger partial charge is 0.328 e. The van der Waals surface area contributed by atoms with Gasteiger partial charge in [-0.1, -0.05) is 13.8 Å². The monoisotopic (exact) mass is 502 g/mol. The largest absolute Gasteiger partial charge is 0.480 e. The van der Waals surface area contributed by atoms with Gasteiger partial charge in [0.2, 0.25) is 23.6 Å². The Hall–Kier alpha value is -3.46. The summed E-state index contributed by atoms with van der Waals surface area (Å²) in [6, 6.07) is -5.29. The number of nitrogens with zero attached hydrogens (tertiary/aromatic N) is 1. The summed E-state index contributed by atoms with van der Waals surface area (Å²) in [6.45, 7) is 5.02. The van der Waals surface area contributed by atoms with Gasteiger partial charge in [-0.2, -0.15) is 0 Å². The lowest BCUT2D eigenvalue weighted by Crippen LogP contribution is -2.59. The van der Waals surface area contributed by atoms with Crippen LogP contribution in [0.1, 0.15) is 46.5 Å². The first-order valence-corrected chi connectivity index (χ1v) is 11.1. The van der Waals surface area contributed by atoms with Crippen LogP contribution in [0.25, 0.3) is 0 Å². The van der Waals surface area contributed by atoms with Crippen LogP contribution in [0, 0.1) is 5.92 Å². The first-order valence-electron chi connectivity index (χ1n) is 11.1. The highest BCUT2D eigenvalue weighted by molar-refractivity contribution is 5.96. The molecule has 4 amide bonds. The molecule has 0 aromatic carbocycles. The highest BCUT2D eigenvalue weighted by Gasteiger charge is 2.32. The Morgan fingerprint density at radius 3 is 1.89 bits per heavy atom. The lowest BCUT2D eigenvalue weighted by atomic mass is 10.0. The van der Waals surface area contributed by atoms with Crippen LogP contribution >= 0.6 is 0 Å². The Bertz CT molecular complexity index is 783. The normalized spacial score (nSPS) is 15.1. The van der Waals surface area contributed by atoms with E-state index in [1.165, 1.54) is 0 Å². The fourth-order valence-electron chi connectivity index (χ4n) is 2.96. The number of hydrogen-bond acceptors (Lipinski definition) is 8. The first-order chi connectivity index (χ1) is 16.1. The number of nitrogens with one attached hydrogen (secondary N) is 3. The molecule has 5 atom stereocenters. The van der Waals surface area contributed by atoms with Gasteiger partial charge in [0.15, 0.2) is 12.0 Å². The van der Waals surface area contributed by atoms with Crippen LogP contribution in [0.15, 0.2) is 4.99 Å². The molecule has 0 radical (unpaired) electrons. The van der Waals surface area contributed by atoms with Gasteiger partial charge < -0.3 is 49.1 Å². The van der Waals surface area contributed by atoms with Crippen LogP contribution in [-0.2, 0) is 24.0 Å². The van der Waals surface area contributed by atoms with Gasteiger partial charge in [-0.05, 0) is 32.1 Å². The summed E-state index contributed by atoms with van der Waals surface area (Å²) < 4.78 is 0. The molecule has 5 unspecified atom stereocenters. The van der Waals surface area contributed by atoms with Crippen LogP contribution in [0.4, 0.5) is 0 Å². The van der Waals surface area contributed by atoms with Gasteiger partial charge in [-0.25, -0.2) is 4.79 Å². The van der Waals surface area contributed by atoms with E-state index in [-0.39, 0.29) is 31.3 Å². The number of amides is 4. The summed E-state index contributed by atoms with van der Waals surface area (Å²) in [5.74, 6) is -5.07. The Morgan fingerprint density at radius 1 is 0.886 bits per heavy atom. The molecule has 15 nitrogen and oxygen atoms in total. The number of carboxylic acids is 1. The minimum atomic E-state index is -1.68. The van der Waals surface area contributed by atoms with E-state index >= 15 is 0 Å². The average Bonchev–Trinajstić information content (AvgIpc) is 2.72. The van der Waals surface area contributed by atoms with E-state index in [9.17, 15) is 29.1 Å². The summed E-state index contributed by atoms with van der Waals surface area (Å²) in [5.41, 5.74) is 21.5. The molecule has 0 aliphatic carbocycles. The summed E-state index contributed by atoms with van der Waals surface area (Å²) in [4.78, 5) is 64.5. The molecule has 0 rings (SSSR count). The third-order valence-corrected chi connectivity index (χ3v) is 4.73. The molecule has 200 valence electrons. The minimum absolute atomic E-state index is 0.0563. The van der Waals surface area contributed by atoms with Crippen LogP contribution in [0.2, 0.25) is 0 Å². The second-order valence-electron chi connectivity index (χ2n) is 8.54. The quantitative estimate of drug-likeness (QED) is 0.0563. The molecular formula is C20H38N8O7. The molecule has 0 spiro atoms. The van der Waals surface area contributed by atoms with Crippen molar-refractivity contribution in [3.63, 3.8) is 0 Å². The van der Waals surface area contributed by atoms with Crippen LogP contribution in [0.5, 0.6) is 0 Å². The van der Waals surface area contributed by atoms with Crippen molar-refractivity contribution in [2.24, 2.45) is 33.8 Å². The average molecular weight is 503 g/mol. The summed E-state index contributed by atoms with van der Waals surface area (Å²) in [7, 11) is 0.